The third-order valence-corrected chi connectivity index (χ3v) is 4.23. The number of anilines is 2. The first-order valence-corrected chi connectivity index (χ1v) is 8.03. The van der Waals surface area contributed by atoms with E-state index in [1.165, 1.54) is 0 Å². The fraction of sp³-hybridized carbons (Fsp3) is 0.200. The second kappa shape index (κ2) is 6.43. The molecule has 2 aromatic carbocycles. The van der Waals surface area contributed by atoms with Crippen molar-refractivity contribution in [1.29, 1.82) is 0 Å². The number of fused-ring (bicyclic) bond motifs is 1. The minimum absolute atomic E-state index is 0.0435. The first-order valence-electron chi connectivity index (χ1n) is 8.03. The highest BCUT2D eigenvalue weighted by molar-refractivity contribution is 6.08. The molecule has 0 aromatic heterocycles. The maximum Gasteiger partial charge on any atom is 0.255 e. The van der Waals surface area contributed by atoms with Crippen LogP contribution in [0.2, 0.25) is 0 Å². The highest BCUT2D eigenvalue weighted by atomic mass is 16.5. The Kier molecular flexibility index (Phi) is 4.31. The predicted octanol–water partition coefficient (Wildman–Crippen LogP) is 3.73. The molecule has 0 atom stereocenters. The Hall–Kier alpha value is -3.08. The Labute approximate surface area is 146 Å². The molecule has 2 aromatic rings. The van der Waals surface area contributed by atoms with Crippen LogP contribution in [0.15, 0.2) is 55.1 Å². The second-order valence-electron chi connectivity index (χ2n) is 6.42. The third-order valence-electron chi connectivity index (χ3n) is 4.23. The lowest BCUT2D eigenvalue weighted by Gasteiger charge is -2.15. The van der Waals surface area contributed by atoms with Gasteiger partial charge in [0.2, 0.25) is 5.91 Å². The van der Waals surface area contributed by atoms with Gasteiger partial charge in [-0.05, 0) is 49.7 Å². The molecule has 5 heteroatoms. The van der Waals surface area contributed by atoms with Gasteiger partial charge in [-0.3, -0.25) is 9.59 Å². The molecule has 128 valence electrons. The number of benzene rings is 2. The highest BCUT2D eigenvalue weighted by Crippen LogP contribution is 2.38. The van der Waals surface area contributed by atoms with E-state index in [1.807, 2.05) is 19.9 Å². The molecule has 5 nitrogen and oxygen atoms in total. The first kappa shape index (κ1) is 16.8. The molecular formula is C20H20N2O3. The van der Waals surface area contributed by atoms with E-state index in [1.54, 1.807) is 42.5 Å². The van der Waals surface area contributed by atoms with E-state index in [0.717, 1.165) is 11.3 Å². The molecule has 3 rings (SSSR count). The smallest absolute Gasteiger partial charge is 0.255 e. The van der Waals surface area contributed by atoms with E-state index in [2.05, 4.69) is 17.2 Å². The fourth-order valence-corrected chi connectivity index (χ4v) is 2.76. The molecule has 1 aliphatic rings. The zero-order valence-corrected chi connectivity index (χ0v) is 14.3. The average molecular weight is 336 g/mol. The molecule has 0 saturated heterocycles. The summed E-state index contributed by atoms with van der Waals surface area (Å²) in [5.41, 5.74) is 2.21. The van der Waals surface area contributed by atoms with Crippen molar-refractivity contribution in [2.24, 2.45) is 0 Å². The van der Waals surface area contributed by atoms with Crippen molar-refractivity contribution in [2.75, 3.05) is 17.2 Å². The number of rotatable bonds is 5. The molecule has 0 fully saturated rings. The van der Waals surface area contributed by atoms with E-state index < -0.39 is 5.41 Å². The van der Waals surface area contributed by atoms with E-state index in [0.29, 0.717) is 23.6 Å². The fourth-order valence-electron chi connectivity index (χ4n) is 2.76. The molecule has 2 N–H and O–H groups in total. The van der Waals surface area contributed by atoms with Gasteiger partial charge in [0.25, 0.3) is 5.91 Å². The molecule has 0 unspecified atom stereocenters. The molecule has 0 bridgehead atoms. The number of carbonyl (C=O) groups is 2. The number of carbonyl (C=O) groups excluding carboxylic acids is 2. The van der Waals surface area contributed by atoms with Crippen LogP contribution in [-0.2, 0) is 10.2 Å². The summed E-state index contributed by atoms with van der Waals surface area (Å²) >= 11 is 0. The number of ether oxygens (including phenoxy) is 1. The quantitative estimate of drug-likeness (QED) is 0.818. The Bertz CT molecular complexity index is 856. The van der Waals surface area contributed by atoms with Gasteiger partial charge >= 0.3 is 0 Å². The van der Waals surface area contributed by atoms with E-state index in [-0.39, 0.29) is 11.8 Å². The van der Waals surface area contributed by atoms with Crippen molar-refractivity contribution in [3.05, 3.63) is 66.2 Å². The van der Waals surface area contributed by atoms with Crippen LogP contribution in [0.5, 0.6) is 5.75 Å². The van der Waals surface area contributed by atoms with E-state index in [9.17, 15) is 9.59 Å². The van der Waals surface area contributed by atoms with Crippen molar-refractivity contribution in [3.8, 4) is 5.75 Å². The molecule has 0 aliphatic carbocycles. The number of nitrogens with one attached hydrogen (secondary N) is 2. The van der Waals surface area contributed by atoms with Crippen LogP contribution in [0.3, 0.4) is 0 Å². The average Bonchev–Trinajstić information content (AvgIpc) is 2.82. The van der Waals surface area contributed by atoms with Gasteiger partial charge in [0.15, 0.2) is 0 Å². The standard InChI is InChI=1S/C20H20N2O3/c1-4-10-25-15-7-5-6-13(11-15)18(23)21-14-8-9-16-17(12-14)22-19(24)20(16,2)3/h4-9,11-12H,1,10H2,2-3H3,(H,21,23)(H,22,24). The number of hydrogen-bond acceptors (Lipinski definition) is 3. The van der Waals surface area contributed by atoms with Crippen LogP contribution >= 0.6 is 0 Å². The van der Waals surface area contributed by atoms with Gasteiger partial charge < -0.3 is 15.4 Å². The van der Waals surface area contributed by atoms with Crippen molar-refractivity contribution in [3.63, 3.8) is 0 Å². The van der Waals surface area contributed by atoms with E-state index >= 15 is 0 Å². The van der Waals surface area contributed by atoms with Crippen LogP contribution in [0.1, 0.15) is 29.8 Å². The van der Waals surface area contributed by atoms with Crippen molar-refractivity contribution >= 4 is 23.2 Å². The minimum Gasteiger partial charge on any atom is -0.490 e. The first-order chi connectivity index (χ1) is 11.9. The molecule has 2 amide bonds. The maximum absolute atomic E-state index is 12.5. The van der Waals surface area contributed by atoms with Crippen LogP contribution in [-0.4, -0.2) is 18.4 Å². The highest BCUT2D eigenvalue weighted by Gasteiger charge is 2.38. The SMILES string of the molecule is C=CCOc1cccc(C(=O)Nc2ccc3c(c2)NC(=O)C3(C)C)c1. The van der Waals surface area contributed by atoms with Crippen molar-refractivity contribution in [2.45, 2.75) is 19.3 Å². The summed E-state index contributed by atoms with van der Waals surface area (Å²) in [4.78, 5) is 24.5. The van der Waals surface area contributed by atoms with Crippen molar-refractivity contribution < 1.29 is 14.3 Å². The summed E-state index contributed by atoms with van der Waals surface area (Å²) in [5, 5.41) is 5.70. The van der Waals surface area contributed by atoms with E-state index in [4.69, 9.17) is 4.74 Å². The third kappa shape index (κ3) is 3.26. The lowest BCUT2D eigenvalue weighted by molar-refractivity contribution is -0.119. The monoisotopic (exact) mass is 336 g/mol. The summed E-state index contributed by atoms with van der Waals surface area (Å²) in [7, 11) is 0. The summed E-state index contributed by atoms with van der Waals surface area (Å²) in [6.45, 7) is 7.73. The van der Waals surface area contributed by atoms with Gasteiger partial charge in [-0.15, -0.1) is 0 Å². The van der Waals surface area contributed by atoms with Crippen LogP contribution in [0.4, 0.5) is 11.4 Å². The molecular weight excluding hydrogens is 316 g/mol. The lowest BCUT2D eigenvalue weighted by atomic mass is 9.86. The Balaban J connectivity index is 1.77. The van der Waals surface area contributed by atoms with Crippen LogP contribution in [0.25, 0.3) is 0 Å². The number of amides is 2. The summed E-state index contributed by atoms with van der Waals surface area (Å²) in [6.07, 6.45) is 1.65. The van der Waals surface area contributed by atoms with Gasteiger partial charge in [-0.1, -0.05) is 24.8 Å². The normalized spacial score (nSPS) is 14.4. The van der Waals surface area contributed by atoms with Crippen LogP contribution < -0.4 is 15.4 Å². The molecule has 1 heterocycles. The summed E-state index contributed by atoms with van der Waals surface area (Å²) in [5.74, 6) is 0.321. The Morgan fingerprint density at radius 1 is 1.28 bits per heavy atom. The molecule has 0 spiro atoms. The van der Waals surface area contributed by atoms with Crippen LogP contribution in [0, 0.1) is 0 Å². The zero-order valence-electron chi connectivity index (χ0n) is 14.3. The Morgan fingerprint density at radius 3 is 2.84 bits per heavy atom. The minimum atomic E-state index is -0.561. The number of hydrogen-bond donors (Lipinski definition) is 2. The summed E-state index contributed by atoms with van der Waals surface area (Å²) in [6, 6.07) is 12.4. The molecule has 0 saturated carbocycles. The van der Waals surface area contributed by atoms with Gasteiger partial charge in [-0.25, -0.2) is 0 Å². The topological polar surface area (TPSA) is 67.4 Å². The van der Waals surface area contributed by atoms with Crippen molar-refractivity contribution in [1.82, 2.24) is 0 Å². The Morgan fingerprint density at radius 2 is 2.08 bits per heavy atom. The largest absolute Gasteiger partial charge is 0.490 e. The zero-order chi connectivity index (χ0) is 18.0. The molecule has 0 radical (unpaired) electrons. The maximum atomic E-state index is 12.5. The van der Waals surface area contributed by atoms with Gasteiger partial charge in [0, 0.05) is 16.9 Å². The lowest BCUT2D eigenvalue weighted by Crippen LogP contribution is -2.26. The molecule has 1 aliphatic heterocycles. The molecule has 25 heavy (non-hydrogen) atoms. The second-order valence-corrected chi connectivity index (χ2v) is 6.42. The van der Waals surface area contributed by atoms with Gasteiger partial charge in [-0.2, -0.15) is 0 Å². The van der Waals surface area contributed by atoms with Gasteiger partial charge in [0.05, 0.1) is 5.41 Å². The summed E-state index contributed by atoms with van der Waals surface area (Å²) < 4.78 is 5.45. The van der Waals surface area contributed by atoms with Gasteiger partial charge in [0.1, 0.15) is 12.4 Å². The predicted molar refractivity (Wildman–Crippen MR) is 98.2 cm³/mol.